The molecule has 0 bridgehead atoms. The summed E-state index contributed by atoms with van der Waals surface area (Å²) >= 11 is 0. The number of rotatable bonds is 4. The average molecular weight is 665 g/mol. The van der Waals surface area contributed by atoms with E-state index >= 15 is 0 Å². The van der Waals surface area contributed by atoms with Crippen LogP contribution in [-0.4, -0.2) is 0 Å². The minimum atomic E-state index is -0.534. The summed E-state index contributed by atoms with van der Waals surface area (Å²) in [6, 6.07) is 70.0. The Morgan fingerprint density at radius 2 is 0.923 bits per heavy atom. The van der Waals surface area contributed by atoms with Crippen LogP contribution >= 0.6 is 0 Å². The number of ether oxygens (including phenoxy) is 1. The van der Waals surface area contributed by atoms with Gasteiger partial charge in [0.15, 0.2) is 11.5 Å². The van der Waals surface area contributed by atoms with Crippen LogP contribution in [-0.2, 0) is 5.41 Å². The number of hydrogen-bond acceptors (Lipinski definition) is 3. The lowest BCUT2D eigenvalue weighted by Gasteiger charge is -2.47. The number of hydrogen-bond donors (Lipinski definition) is 0. The normalized spacial score (nSPS) is 15.5. The molecule has 0 N–H and O–H groups in total. The lowest BCUT2D eigenvalue weighted by atomic mass is 9.64. The van der Waals surface area contributed by atoms with Crippen LogP contribution in [0.1, 0.15) is 22.3 Å². The van der Waals surface area contributed by atoms with Crippen molar-refractivity contribution in [2.24, 2.45) is 0 Å². The van der Waals surface area contributed by atoms with E-state index in [2.05, 4.69) is 198 Å². The molecule has 2 aliphatic heterocycles. The molecule has 1 unspecified atom stereocenters. The van der Waals surface area contributed by atoms with Gasteiger partial charge in [0.05, 0.1) is 22.5 Å². The van der Waals surface area contributed by atoms with E-state index in [9.17, 15) is 0 Å². The van der Waals surface area contributed by atoms with Crippen LogP contribution in [0.2, 0.25) is 0 Å². The molecule has 0 saturated carbocycles. The zero-order valence-electron chi connectivity index (χ0n) is 28.3. The van der Waals surface area contributed by atoms with Gasteiger partial charge in [-0.1, -0.05) is 133 Å². The molecule has 0 fully saturated rings. The van der Waals surface area contributed by atoms with Crippen LogP contribution in [0, 0.1) is 0 Å². The standard InChI is InChI=1S/C49H32N2O/c1-3-15-34(16-4-1)50(35-17-5-2-6-18-35)36-31-29-33(30-32-36)37-20-13-23-41-47(37)38-19-7-8-21-39(38)49(41)40-22-9-10-25-43(40)51-44-26-11-12-27-45(44)52-46-28-14-24-42(49)48(46)51/h1-32H. The zero-order valence-corrected chi connectivity index (χ0v) is 28.3. The lowest BCUT2D eigenvalue weighted by Crippen LogP contribution is -2.37. The Bertz CT molecular complexity index is 2630. The summed E-state index contributed by atoms with van der Waals surface area (Å²) < 4.78 is 6.66. The van der Waals surface area contributed by atoms with E-state index in [1.165, 1.54) is 50.2 Å². The summed E-state index contributed by atoms with van der Waals surface area (Å²) in [6.45, 7) is 0. The highest BCUT2D eigenvalue weighted by Crippen LogP contribution is 2.67. The van der Waals surface area contributed by atoms with Crippen molar-refractivity contribution in [3.05, 3.63) is 216 Å². The maximum absolute atomic E-state index is 6.66. The van der Waals surface area contributed by atoms with Crippen molar-refractivity contribution < 1.29 is 4.74 Å². The van der Waals surface area contributed by atoms with Crippen LogP contribution in [0.3, 0.4) is 0 Å². The van der Waals surface area contributed by atoms with Gasteiger partial charge in [0, 0.05) is 17.1 Å². The monoisotopic (exact) mass is 664 g/mol. The highest BCUT2D eigenvalue weighted by atomic mass is 16.5. The van der Waals surface area contributed by atoms with Crippen LogP contribution in [0.25, 0.3) is 22.3 Å². The predicted octanol–water partition coefficient (Wildman–Crippen LogP) is 13.1. The summed E-state index contributed by atoms with van der Waals surface area (Å²) in [5, 5.41) is 0. The van der Waals surface area contributed by atoms with Crippen molar-refractivity contribution in [2.45, 2.75) is 5.41 Å². The topological polar surface area (TPSA) is 15.7 Å². The lowest BCUT2D eigenvalue weighted by molar-refractivity contribution is 0.473. The van der Waals surface area contributed by atoms with Crippen molar-refractivity contribution in [2.75, 3.05) is 9.80 Å². The SMILES string of the molecule is c1ccc(N(c2ccccc2)c2ccc(-c3cccc4c3-c3ccccc3C43c4ccccc4N4c5ccccc5Oc5cccc3c54)cc2)cc1. The fraction of sp³-hybridized carbons (Fsp3) is 0.0204. The molecule has 3 heteroatoms. The molecule has 11 rings (SSSR count). The second-order valence-electron chi connectivity index (χ2n) is 13.7. The third-order valence-corrected chi connectivity index (χ3v) is 11.0. The maximum Gasteiger partial charge on any atom is 0.151 e. The molecule has 8 aromatic rings. The molecule has 0 aromatic heterocycles. The first-order valence-electron chi connectivity index (χ1n) is 17.9. The van der Waals surface area contributed by atoms with Gasteiger partial charge in [0.1, 0.15) is 0 Å². The summed E-state index contributed by atoms with van der Waals surface area (Å²) in [6.07, 6.45) is 0. The Morgan fingerprint density at radius 3 is 1.69 bits per heavy atom. The Balaban J connectivity index is 1.13. The molecule has 52 heavy (non-hydrogen) atoms. The quantitative estimate of drug-likeness (QED) is 0.186. The summed E-state index contributed by atoms with van der Waals surface area (Å²) in [5.74, 6) is 1.75. The number of fused-ring (bicyclic) bond motifs is 11. The molecule has 1 spiro atoms. The molecular weight excluding hydrogens is 633 g/mol. The van der Waals surface area contributed by atoms with E-state index in [1.54, 1.807) is 0 Å². The zero-order chi connectivity index (χ0) is 34.2. The van der Waals surface area contributed by atoms with Gasteiger partial charge in [-0.2, -0.15) is 0 Å². The van der Waals surface area contributed by atoms with Crippen molar-refractivity contribution >= 4 is 34.1 Å². The van der Waals surface area contributed by atoms with Crippen molar-refractivity contribution in [3.8, 4) is 33.8 Å². The fourth-order valence-electron chi connectivity index (χ4n) is 9.03. The smallest absolute Gasteiger partial charge is 0.151 e. The molecule has 3 nitrogen and oxygen atoms in total. The highest BCUT2D eigenvalue weighted by Gasteiger charge is 2.53. The van der Waals surface area contributed by atoms with E-state index in [-0.39, 0.29) is 0 Å². The van der Waals surface area contributed by atoms with Gasteiger partial charge in [-0.15, -0.1) is 0 Å². The first-order chi connectivity index (χ1) is 25.8. The van der Waals surface area contributed by atoms with Crippen LogP contribution < -0.4 is 14.5 Å². The Kier molecular flexibility index (Phi) is 6.17. The minimum Gasteiger partial charge on any atom is -0.453 e. The Labute approximate surface area is 303 Å². The molecule has 3 aliphatic rings. The van der Waals surface area contributed by atoms with Gasteiger partial charge < -0.3 is 14.5 Å². The van der Waals surface area contributed by atoms with Gasteiger partial charge in [-0.3, -0.25) is 0 Å². The molecule has 8 aromatic carbocycles. The van der Waals surface area contributed by atoms with E-state index < -0.39 is 5.41 Å². The Hall–Kier alpha value is -6.84. The number of benzene rings is 8. The fourth-order valence-corrected chi connectivity index (χ4v) is 9.03. The summed E-state index contributed by atoms with van der Waals surface area (Å²) in [5.41, 5.74) is 16.3. The Morgan fingerprint density at radius 1 is 0.385 bits per heavy atom. The molecule has 0 saturated heterocycles. The molecule has 1 aliphatic carbocycles. The maximum atomic E-state index is 6.66. The number of para-hydroxylation sites is 6. The van der Waals surface area contributed by atoms with Crippen molar-refractivity contribution in [1.82, 2.24) is 0 Å². The first kappa shape index (κ1) is 28.9. The summed E-state index contributed by atoms with van der Waals surface area (Å²) in [4.78, 5) is 4.73. The second-order valence-corrected chi connectivity index (χ2v) is 13.7. The van der Waals surface area contributed by atoms with Gasteiger partial charge in [-0.25, -0.2) is 0 Å². The minimum absolute atomic E-state index is 0.534. The average Bonchev–Trinajstić information content (AvgIpc) is 3.51. The predicted molar refractivity (Wildman–Crippen MR) is 212 cm³/mol. The van der Waals surface area contributed by atoms with Gasteiger partial charge in [0.25, 0.3) is 0 Å². The second kappa shape index (κ2) is 11.1. The number of nitrogens with zero attached hydrogens (tertiary/aromatic N) is 2. The van der Waals surface area contributed by atoms with Crippen molar-refractivity contribution in [3.63, 3.8) is 0 Å². The van der Waals surface area contributed by atoms with Crippen LogP contribution in [0.5, 0.6) is 11.5 Å². The van der Waals surface area contributed by atoms with Gasteiger partial charge >= 0.3 is 0 Å². The molecule has 2 heterocycles. The van der Waals surface area contributed by atoms with Crippen LogP contribution in [0.15, 0.2) is 194 Å². The van der Waals surface area contributed by atoms with Gasteiger partial charge in [-0.05, 0) is 105 Å². The third kappa shape index (κ3) is 3.91. The van der Waals surface area contributed by atoms with E-state index in [0.29, 0.717) is 0 Å². The number of anilines is 6. The highest BCUT2D eigenvalue weighted by molar-refractivity contribution is 6.02. The van der Waals surface area contributed by atoms with Crippen molar-refractivity contribution in [1.29, 1.82) is 0 Å². The molecule has 0 amide bonds. The first-order valence-corrected chi connectivity index (χ1v) is 17.9. The summed E-state index contributed by atoms with van der Waals surface area (Å²) in [7, 11) is 0. The van der Waals surface area contributed by atoms with Gasteiger partial charge in [0.2, 0.25) is 0 Å². The van der Waals surface area contributed by atoms with E-state index in [1.807, 2.05) is 6.07 Å². The largest absolute Gasteiger partial charge is 0.453 e. The molecular formula is C49H32N2O. The van der Waals surface area contributed by atoms with Crippen LogP contribution in [0.4, 0.5) is 34.1 Å². The molecule has 244 valence electrons. The van der Waals surface area contributed by atoms with E-state index in [4.69, 9.17) is 4.74 Å². The van der Waals surface area contributed by atoms with E-state index in [0.717, 1.165) is 39.9 Å². The third-order valence-electron chi connectivity index (χ3n) is 11.0. The molecule has 0 radical (unpaired) electrons. The molecule has 1 atom stereocenters.